The van der Waals surface area contributed by atoms with E-state index in [4.69, 9.17) is 16.0 Å². The van der Waals surface area contributed by atoms with E-state index in [9.17, 15) is 4.79 Å². The number of aromatic nitrogens is 4. The summed E-state index contributed by atoms with van der Waals surface area (Å²) in [7, 11) is 0. The molecule has 2 heterocycles. The highest BCUT2D eigenvalue weighted by Crippen LogP contribution is 2.14. The van der Waals surface area contributed by atoms with E-state index in [1.165, 1.54) is 11.8 Å². The molecule has 0 atom stereocenters. The van der Waals surface area contributed by atoms with Crippen LogP contribution in [-0.2, 0) is 11.3 Å². The predicted octanol–water partition coefficient (Wildman–Crippen LogP) is 1.53. The van der Waals surface area contributed by atoms with Crippen LogP contribution < -0.4 is 5.32 Å². The molecule has 2 aromatic rings. The third kappa shape index (κ3) is 4.86. The summed E-state index contributed by atoms with van der Waals surface area (Å²) in [6, 6.07) is 0. The molecule has 0 aliphatic rings. The Hall–Kier alpha value is -1.54. The number of carbonyl (C=O) groups excluding carboxylic acids is 1. The molecule has 1 N–H and O–H groups in total. The van der Waals surface area contributed by atoms with Crippen molar-refractivity contribution < 1.29 is 9.21 Å². The van der Waals surface area contributed by atoms with E-state index in [-0.39, 0.29) is 11.7 Å². The van der Waals surface area contributed by atoms with Gasteiger partial charge in [0, 0.05) is 26.2 Å². The fourth-order valence-electron chi connectivity index (χ4n) is 1.44. The second kappa shape index (κ2) is 7.30. The maximum atomic E-state index is 11.6. The number of nitrogens with one attached hydrogen (secondary N) is 1. The quantitative estimate of drug-likeness (QED) is 0.616. The summed E-state index contributed by atoms with van der Waals surface area (Å²) < 4.78 is 6.90. The van der Waals surface area contributed by atoms with Crippen molar-refractivity contribution in [2.45, 2.75) is 25.1 Å². The Morgan fingerprint density at radius 3 is 3.05 bits per heavy atom. The number of carbonyl (C=O) groups is 1. The van der Waals surface area contributed by atoms with Gasteiger partial charge >= 0.3 is 0 Å². The van der Waals surface area contributed by atoms with E-state index in [0.717, 1.165) is 6.42 Å². The Kier molecular flexibility index (Phi) is 5.42. The Morgan fingerprint density at radius 1 is 1.55 bits per heavy atom. The lowest BCUT2D eigenvalue weighted by Gasteiger charge is -2.04. The van der Waals surface area contributed by atoms with Gasteiger partial charge in [-0.2, -0.15) is 5.10 Å². The predicted molar refractivity (Wildman–Crippen MR) is 74.6 cm³/mol. The second-order valence-electron chi connectivity index (χ2n) is 4.00. The van der Waals surface area contributed by atoms with E-state index < -0.39 is 0 Å². The molecule has 0 aliphatic carbocycles. The minimum atomic E-state index is -0.0654. The summed E-state index contributed by atoms with van der Waals surface area (Å²) in [6.45, 7) is 3.00. The summed E-state index contributed by atoms with van der Waals surface area (Å²) >= 11 is 6.97. The van der Waals surface area contributed by atoms with Gasteiger partial charge in [-0.3, -0.25) is 9.48 Å². The van der Waals surface area contributed by atoms with Crippen molar-refractivity contribution in [3.05, 3.63) is 23.3 Å². The average molecular weight is 316 g/mol. The Labute approximate surface area is 125 Å². The molecule has 0 radical (unpaired) electrons. The highest BCUT2D eigenvalue weighted by molar-refractivity contribution is 7.99. The molecule has 0 bridgehead atoms. The largest absolute Gasteiger partial charge is 0.416 e. The number of amides is 1. The molecule has 0 saturated heterocycles. The van der Waals surface area contributed by atoms with E-state index in [2.05, 4.69) is 20.6 Å². The van der Waals surface area contributed by atoms with Gasteiger partial charge in [0.25, 0.3) is 5.22 Å². The van der Waals surface area contributed by atoms with Crippen LogP contribution in [-0.4, -0.2) is 38.2 Å². The van der Waals surface area contributed by atoms with Crippen molar-refractivity contribution in [2.75, 3.05) is 12.3 Å². The van der Waals surface area contributed by atoms with Crippen molar-refractivity contribution in [1.29, 1.82) is 0 Å². The van der Waals surface area contributed by atoms with Crippen molar-refractivity contribution in [1.82, 2.24) is 25.3 Å². The topological polar surface area (TPSA) is 85.8 Å². The lowest BCUT2D eigenvalue weighted by Crippen LogP contribution is -2.26. The van der Waals surface area contributed by atoms with Crippen LogP contribution in [0, 0.1) is 6.92 Å². The number of aryl methyl sites for hydroxylation is 2. The normalized spacial score (nSPS) is 10.7. The molecule has 2 aromatic heterocycles. The number of hydrogen-bond acceptors (Lipinski definition) is 6. The van der Waals surface area contributed by atoms with Crippen LogP contribution in [0.25, 0.3) is 0 Å². The van der Waals surface area contributed by atoms with Gasteiger partial charge in [0.15, 0.2) is 0 Å². The summed E-state index contributed by atoms with van der Waals surface area (Å²) in [5.74, 6) is 0.685. The molecule has 9 heteroatoms. The highest BCUT2D eigenvalue weighted by atomic mass is 35.5. The molecule has 1 amide bonds. The zero-order chi connectivity index (χ0) is 14.4. The first-order valence-corrected chi connectivity index (χ1v) is 7.37. The van der Waals surface area contributed by atoms with Crippen LogP contribution in [0.4, 0.5) is 0 Å². The summed E-state index contributed by atoms with van der Waals surface area (Å²) in [4.78, 5) is 11.6. The van der Waals surface area contributed by atoms with Gasteiger partial charge in [-0.25, -0.2) is 0 Å². The van der Waals surface area contributed by atoms with E-state index >= 15 is 0 Å². The van der Waals surface area contributed by atoms with Crippen molar-refractivity contribution >= 4 is 29.3 Å². The molecule has 20 heavy (non-hydrogen) atoms. The van der Waals surface area contributed by atoms with Gasteiger partial charge in [0.1, 0.15) is 0 Å². The summed E-state index contributed by atoms with van der Waals surface area (Å²) in [5.41, 5.74) is 0. The number of nitrogens with zero attached hydrogens (tertiary/aromatic N) is 4. The standard InChI is InChI=1S/C11H14ClN5O2S/c1-8-15-16-11(19-8)20-7-10(18)13-3-2-4-17-6-9(12)5-14-17/h5-6H,2-4,7H2,1H3,(H,13,18). The zero-order valence-electron chi connectivity index (χ0n) is 10.9. The first kappa shape index (κ1) is 14.9. The fraction of sp³-hybridized carbons (Fsp3) is 0.455. The van der Waals surface area contributed by atoms with Gasteiger partial charge in [0.05, 0.1) is 17.0 Å². The molecule has 108 valence electrons. The SMILES string of the molecule is Cc1nnc(SCC(=O)NCCCn2cc(Cl)cn2)o1. The Bertz CT molecular complexity index is 571. The van der Waals surface area contributed by atoms with Gasteiger partial charge in [0.2, 0.25) is 11.8 Å². The van der Waals surface area contributed by atoms with Crippen LogP contribution in [0.1, 0.15) is 12.3 Å². The van der Waals surface area contributed by atoms with E-state index in [1.807, 2.05) is 0 Å². The van der Waals surface area contributed by atoms with E-state index in [0.29, 0.717) is 29.2 Å². The van der Waals surface area contributed by atoms with Crippen LogP contribution in [0.2, 0.25) is 5.02 Å². The molecule has 7 nitrogen and oxygen atoms in total. The molecule has 0 fully saturated rings. The average Bonchev–Trinajstić information content (AvgIpc) is 3.01. The van der Waals surface area contributed by atoms with Gasteiger partial charge in [-0.15, -0.1) is 10.2 Å². The monoisotopic (exact) mass is 315 g/mol. The van der Waals surface area contributed by atoms with Crippen molar-refractivity contribution in [3.8, 4) is 0 Å². The lowest BCUT2D eigenvalue weighted by molar-refractivity contribution is -0.118. The minimum Gasteiger partial charge on any atom is -0.416 e. The number of hydrogen-bond donors (Lipinski definition) is 1. The first-order chi connectivity index (χ1) is 9.63. The zero-order valence-corrected chi connectivity index (χ0v) is 12.4. The van der Waals surface area contributed by atoms with Crippen molar-refractivity contribution in [2.24, 2.45) is 0 Å². The van der Waals surface area contributed by atoms with Crippen LogP contribution in [0.15, 0.2) is 22.0 Å². The summed E-state index contributed by atoms with van der Waals surface area (Å²) in [5, 5.41) is 15.4. The smallest absolute Gasteiger partial charge is 0.277 e. The molecule has 0 aromatic carbocycles. The maximum Gasteiger partial charge on any atom is 0.277 e. The van der Waals surface area contributed by atoms with Crippen molar-refractivity contribution in [3.63, 3.8) is 0 Å². The third-order valence-electron chi connectivity index (χ3n) is 2.32. The van der Waals surface area contributed by atoms with E-state index in [1.54, 1.807) is 24.0 Å². The van der Waals surface area contributed by atoms with Crippen LogP contribution in [0.5, 0.6) is 0 Å². The molecule has 0 aliphatic heterocycles. The Balaban J connectivity index is 1.58. The molecule has 0 spiro atoms. The summed E-state index contributed by atoms with van der Waals surface area (Å²) in [6.07, 6.45) is 4.12. The van der Waals surface area contributed by atoms with Crippen LogP contribution in [0.3, 0.4) is 0 Å². The molecule has 0 unspecified atom stereocenters. The lowest BCUT2D eigenvalue weighted by atomic mass is 10.4. The number of thioether (sulfide) groups is 1. The molecular weight excluding hydrogens is 302 g/mol. The second-order valence-corrected chi connectivity index (χ2v) is 5.36. The van der Waals surface area contributed by atoms with Crippen LogP contribution >= 0.6 is 23.4 Å². The minimum absolute atomic E-state index is 0.0654. The highest BCUT2D eigenvalue weighted by Gasteiger charge is 2.07. The molecular formula is C11H14ClN5O2S. The third-order valence-corrected chi connectivity index (χ3v) is 3.34. The maximum absolute atomic E-state index is 11.6. The fourth-order valence-corrected chi connectivity index (χ4v) is 2.24. The van der Waals surface area contributed by atoms with Gasteiger partial charge in [-0.1, -0.05) is 23.4 Å². The Morgan fingerprint density at radius 2 is 2.40 bits per heavy atom. The number of halogens is 1. The number of rotatable bonds is 7. The molecule has 2 rings (SSSR count). The molecule has 0 saturated carbocycles. The first-order valence-electron chi connectivity index (χ1n) is 6.01. The van der Waals surface area contributed by atoms with Gasteiger partial charge in [-0.05, 0) is 6.42 Å². The van der Waals surface area contributed by atoms with Gasteiger partial charge < -0.3 is 9.73 Å².